The fraction of sp³-hybridized carbons (Fsp3) is 0.235. The number of rotatable bonds is 6. The summed E-state index contributed by atoms with van der Waals surface area (Å²) >= 11 is 0. The largest absolute Gasteiger partial charge is 0.480 e. The number of carboxylic acids is 1. The molecule has 0 bridgehead atoms. The molecule has 0 spiro atoms. The summed E-state index contributed by atoms with van der Waals surface area (Å²) in [7, 11) is 0. The number of imidazole rings is 1. The molecule has 1 unspecified atom stereocenters. The van der Waals surface area contributed by atoms with Crippen LogP contribution in [-0.4, -0.2) is 42.8 Å². The van der Waals surface area contributed by atoms with Crippen LogP contribution in [0.5, 0.6) is 0 Å². The van der Waals surface area contributed by atoms with Gasteiger partial charge >= 0.3 is 5.97 Å². The molecular weight excluding hydrogens is 338 g/mol. The average molecular weight is 355 g/mol. The number of aryl methyl sites for hydroxylation is 1. The third-order valence-electron chi connectivity index (χ3n) is 3.96. The van der Waals surface area contributed by atoms with E-state index in [9.17, 15) is 19.5 Å². The van der Waals surface area contributed by atoms with E-state index in [1.807, 2.05) is 0 Å². The Bertz CT molecular complexity index is 1010. The summed E-state index contributed by atoms with van der Waals surface area (Å²) in [5.41, 5.74) is 0.788. The normalized spacial score (nSPS) is 12.0. The summed E-state index contributed by atoms with van der Waals surface area (Å²) in [6.07, 6.45) is 2.97. The number of aromatic amines is 1. The fourth-order valence-corrected chi connectivity index (χ4v) is 2.70. The van der Waals surface area contributed by atoms with Crippen molar-refractivity contribution in [2.24, 2.45) is 0 Å². The highest BCUT2D eigenvalue weighted by Crippen LogP contribution is 2.11. The molecule has 3 aromatic rings. The van der Waals surface area contributed by atoms with E-state index in [2.05, 4.69) is 20.4 Å². The summed E-state index contributed by atoms with van der Waals surface area (Å²) in [5, 5.41) is 17.0. The molecule has 2 aromatic heterocycles. The average Bonchev–Trinajstić information content (AvgIpc) is 3.12. The Balaban J connectivity index is 1.79. The topological polar surface area (TPSA) is 130 Å². The maximum Gasteiger partial charge on any atom is 0.326 e. The van der Waals surface area contributed by atoms with Gasteiger partial charge in [0.1, 0.15) is 12.6 Å². The molecule has 26 heavy (non-hydrogen) atoms. The van der Waals surface area contributed by atoms with Gasteiger partial charge in [0.2, 0.25) is 5.91 Å². The highest BCUT2D eigenvalue weighted by molar-refractivity contribution is 5.85. The predicted molar refractivity (Wildman–Crippen MR) is 92.6 cm³/mol. The molecule has 9 nitrogen and oxygen atoms in total. The van der Waals surface area contributed by atoms with Crippen molar-refractivity contribution in [3.05, 3.63) is 58.5 Å². The molecular formula is C17H17N5O4. The van der Waals surface area contributed by atoms with Crippen LogP contribution in [-0.2, 0) is 22.6 Å². The highest BCUT2D eigenvalue weighted by atomic mass is 16.4. The first kappa shape index (κ1) is 17.3. The van der Waals surface area contributed by atoms with E-state index in [-0.39, 0.29) is 13.0 Å². The van der Waals surface area contributed by atoms with E-state index in [1.165, 1.54) is 12.5 Å². The Morgan fingerprint density at radius 2 is 2.04 bits per heavy atom. The molecule has 0 aliphatic heterocycles. The van der Waals surface area contributed by atoms with Gasteiger partial charge in [-0.2, -0.15) is 5.10 Å². The van der Waals surface area contributed by atoms with Crippen LogP contribution in [0.25, 0.3) is 10.8 Å². The molecule has 2 heterocycles. The Kier molecular flexibility index (Phi) is 4.78. The van der Waals surface area contributed by atoms with Gasteiger partial charge in [-0.15, -0.1) is 0 Å². The zero-order chi connectivity index (χ0) is 18.7. The van der Waals surface area contributed by atoms with Crippen LogP contribution in [0.4, 0.5) is 0 Å². The Labute approximate surface area is 147 Å². The van der Waals surface area contributed by atoms with Gasteiger partial charge < -0.3 is 15.4 Å². The van der Waals surface area contributed by atoms with E-state index in [4.69, 9.17) is 0 Å². The summed E-state index contributed by atoms with van der Waals surface area (Å²) in [6, 6.07) is 5.85. The molecule has 0 radical (unpaired) electrons. The standard InChI is InChI=1S/C17H17N5O4/c1-10-12-4-2-3-5-13(12)16(24)22(21-10)8-15(23)20-14(17(25)26)6-11-7-18-9-19-11/h2-5,7,9,14H,6,8H2,1H3,(H,18,19)(H,20,23)(H,25,26). The lowest BCUT2D eigenvalue weighted by atomic mass is 10.1. The van der Waals surface area contributed by atoms with Gasteiger partial charge in [0.15, 0.2) is 0 Å². The van der Waals surface area contributed by atoms with Crippen molar-refractivity contribution in [1.29, 1.82) is 0 Å². The Morgan fingerprint density at radius 3 is 2.69 bits per heavy atom. The Hall–Kier alpha value is -3.49. The lowest BCUT2D eigenvalue weighted by molar-refractivity contribution is -0.141. The first-order valence-corrected chi connectivity index (χ1v) is 7.91. The number of nitrogens with zero attached hydrogens (tertiary/aromatic N) is 3. The number of aliphatic carboxylic acids is 1. The predicted octanol–water partition coefficient (Wildman–Crippen LogP) is 0.240. The third-order valence-corrected chi connectivity index (χ3v) is 3.96. The number of carbonyl (C=O) groups is 2. The number of amides is 1. The molecule has 0 fully saturated rings. The van der Waals surface area contributed by atoms with E-state index in [0.717, 1.165) is 10.1 Å². The number of hydrogen-bond acceptors (Lipinski definition) is 5. The minimum Gasteiger partial charge on any atom is -0.480 e. The van der Waals surface area contributed by atoms with E-state index in [1.54, 1.807) is 31.2 Å². The van der Waals surface area contributed by atoms with E-state index >= 15 is 0 Å². The maximum atomic E-state index is 12.5. The number of H-pyrrole nitrogens is 1. The molecule has 0 saturated heterocycles. The molecule has 3 rings (SSSR count). The number of benzene rings is 1. The van der Waals surface area contributed by atoms with Crippen LogP contribution in [0.15, 0.2) is 41.6 Å². The van der Waals surface area contributed by atoms with Crippen molar-refractivity contribution >= 4 is 22.6 Å². The SMILES string of the molecule is Cc1nn(CC(=O)NC(Cc2cnc[nH]2)C(=O)O)c(=O)c2ccccc12. The van der Waals surface area contributed by atoms with Gasteiger partial charge in [-0.3, -0.25) is 9.59 Å². The second-order valence-corrected chi connectivity index (χ2v) is 5.83. The summed E-state index contributed by atoms with van der Waals surface area (Å²) in [4.78, 5) is 42.7. The van der Waals surface area contributed by atoms with Crippen molar-refractivity contribution in [1.82, 2.24) is 25.1 Å². The molecule has 3 N–H and O–H groups in total. The van der Waals surface area contributed by atoms with Crippen LogP contribution < -0.4 is 10.9 Å². The van der Waals surface area contributed by atoms with Crippen LogP contribution in [0, 0.1) is 6.92 Å². The molecule has 1 aromatic carbocycles. The smallest absolute Gasteiger partial charge is 0.326 e. The quantitative estimate of drug-likeness (QED) is 0.581. The fourth-order valence-electron chi connectivity index (χ4n) is 2.70. The lowest BCUT2D eigenvalue weighted by Crippen LogP contribution is -2.45. The lowest BCUT2D eigenvalue weighted by Gasteiger charge is -2.14. The van der Waals surface area contributed by atoms with Crippen LogP contribution >= 0.6 is 0 Å². The molecule has 9 heteroatoms. The van der Waals surface area contributed by atoms with E-state index < -0.39 is 23.5 Å². The molecule has 1 amide bonds. The van der Waals surface area contributed by atoms with Crippen LogP contribution in [0.2, 0.25) is 0 Å². The minimum absolute atomic E-state index is 0.0557. The van der Waals surface area contributed by atoms with Gasteiger partial charge in [-0.25, -0.2) is 14.5 Å². The van der Waals surface area contributed by atoms with Crippen LogP contribution in [0.3, 0.4) is 0 Å². The number of fused-ring (bicyclic) bond motifs is 1. The second-order valence-electron chi connectivity index (χ2n) is 5.83. The number of nitrogens with one attached hydrogen (secondary N) is 2. The molecule has 0 aliphatic rings. The first-order valence-electron chi connectivity index (χ1n) is 7.91. The maximum absolute atomic E-state index is 12.5. The van der Waals surface area contributed by atoms with Gasteiger partial charge in [0, 0.05) is 23.7 Å². The third kappa shape index (κ3) is 3.61. The number of hydrogen-bond donors (Lipinski definition) is 3. The van der Waals surface area contributed by atoms with Crippen molar-refractivity contribution in [3.8, 4) is 0 Å². The first-order chi connectivity index (χ1) is 12.5. The summed E-state index contributed by atoms with van der Waals surface area (Å²) < 4.78 is 1.04. The Morgan fingerprint density at radius 1 is 1.31 bits per heavy atom. The molecule has 134 valence electrons. The summed E-state index contributed by atoms with van der Waals surface area (Å²) in [6.45, 7) is 1.38. The monoisotopic (exact) mass is 355 g/mol. The number of aromatic nitrogens is 4. The van der Waals surface area contributed by atoms with Crippen LogP contribution in [0.1, 0.15) is 11.4 Å². The van der Waals surface area contributed by atoms with Crippen molar-refractivity contribution in [2.75, 3.05) is 0 Å². The number of carboxylic acid groups (broad SMARTS) is 1. The number of carbonyl (C=O) groups excluding carboxylic acids is 1. The van der Waals surface area contributed by atoms with Crippen molar-refractivity contribution < 1.29 is 14.7 Å². The van der Waals surface area contributed by atoms with E-state index in [0.29, 0.717) is 16.8 Å². The zero-order valence-electron chi connectivity index (χ0n) is 14.0. The second kappa shape index (κ2) is 7.18. The minimum atomic E-state index is -1.18. The van der Waals surface area contributed by atoms with Gasteiger partial charge in [-0.1, -0.05) is 18.2 Å². The van der Waals surface area contributed by atoms with Crippen molar-refractivity contribution in [2.45, 2.75) is 25.9 Å². The molecule has 1 atom stereocenters. The summed E-state index contributed by atoms with van der Waals surface area (Å²) in [5.74, 6) is -1.79. The highest BCUT2D eigenvalue weighted by Gasteiger charge is 2.22. The zero-order valence-corrected chi connectivity index (χ0v) is 14.0. The molecule has 0 aliphatic carbocycles. The van der Waals surface area contributed by atoms with Gasteiger partial charge in [-0.05, 0) is 13.0 Å². The van der Waals surface area contributed by atoms with Crippen molar-refractivity contribution in [3.63, 3.8) is 0 Å². The van der Waals surface area contributed by atoms with Gasteiger partial charge in [0.25, 0.3) is 5.56 Å². The van der Waals surface area contributed by atoms with Gasteiger partial charge in [0.05, 0.1) is 17.4 Å². The molecule has 0 saturated carbocycles.